The molecule has 0 aliphatic rings. The van der Waals surface area contributed by atoms with Gasteiger partial charge in [-0.15, -0.1) is 0 Å². The minimum Gasteiger partial charge on any atom is -0.497 e. The number of urea groups is 1. The Kier molecular flexibility index (Phi) is 5.24. The summed E-state index contributed by atoms with van der Waals surface area (Å²) in [5.41, 5.74) is 6.24. The van der Waals surface area contributed by atoms with Crippen LogP contribution in [0.2, 0.25) is 0 Å². The minimum absolute atomic E-state index is 0.350. The molecule has 8 nitrogen and oxygen atoms in total. The number of carbonyl (C=O) groups is 1. The number of anilines is 2. The predicted molar refractivity (Wildman–Crippen MR) is 127 cm³/mol. The molecule has 0 bridgehead atoms. The molecule has 0 saturated carbocycles. The average molecular weight is 439 g/mol. The second-order valence-corrected chi connectivity index (χ2v) is 7.54. The average Bonchev–Trinajstić information content (AvgIpc) is 3.46. The van der Waals surface area contributed by atoms with E-state index in [-0.39, 0.29) is 6.03 Å². The van der Waals surface area contributed by atoms with Crippen LogP contribution in [0.25, 0.3) is 33.8 Å². The highest BCUT2D eigenvalue weighted by Crippen LogP contribution is 2.33. The molecule has 0 aliphatic carbocycles. The van der Waals surface area contributed by atoms with Crippen LogP contribution in [0.1, 0.15) is 5.56 Å². The highest BCUT2D eigenvalue weighted by molar-refractivity contribution is 6.00. The molecule has 0 spiro atoms. The van der Waals surface area contributed by atoms with Gasteiger partial charge in [-0.2, -0.15) is 5.10 Å². The van der Waals surface area contributed by atoms with Gasteiger partial charge in [0.2, 0.25) is 5.89 Å². The third-order valence-electron chi connectivity index (χ3n) is 5.17. The Hall–Kier alpha value is -4.59. The topological polar surface area (TPSA) is 105 Å². The number of aryl methyl sites for hydroxylation is 1. The van der Waals surface area contributed by atoms with Crippen LogP contribution >= 0.6 is 0 Å². The van der Waals surface area contributed by atoms with Crippen LogP contribution in [-0.2, 0) is 0 Å². The van der Waals surface area contributed by atoms with Gasteiger partial charge in [0.15, 0.2) is 5.58 Å². The lowest BCUT2D eigenvalue weighted by Crippen LogP contribution is -2.19. The number of oxazole rings is 1. The van der Waals surface area contributed by atoms with Crippen molar-refractivity contribution in [1.29, 1.82) is 0 Å². The molecule has 5 rings (SSSR count). The highest BCUT2D eigenvalue weighted by Gasteiger charge is 2.16. The maximum atomic E-state index is 12.5. The zero-order valence-electron chi connectivity index (χ0n) is 18.0. The molecule has 164 valence electrons. The van der Waals surface area contributed by atoms with E-state index in [4.69, 9.17) is 9.15 Å². The molecule has 2 amide bonds. The Balaban J connectivity index is 1.37. The van der Waals surface area contributed by atoms with E-state index in [9.17, 15) is 4.79 Å². The van der Waals surface area contributed by atoms with Crippen LogP contribution in [0.4, 0.5) is 16.2 Å². The summed E-state index contributed by atoms with van der Waals surface area (Å²) in [5.74, 6) is 1.20. The van der Waals surface area contributed by atoms with Crippen LogP contribution < -0.4 is 15.4 Å². The summed E-state index contributed by atoms with van der Waals surface area (Å²) in [5, 5.41) is 12.9. The van der Waals surface area contributed by atoms with Crippen LogP contribution in [0.5, 0.6) is 5.75 Å². The molecule has 0 fully saturated rings. The Bertz CT molecular complexity index is 1440. The van der Waals surface area contributed by atoms with Crippen LogP contribution in [0.15, 0.2) is 77.3 Å². The van der Waals surface area contributed by atoms with E-state index in [1.54, 1.807) is 37.6 Å². The van der Waals surface area contributed by atoms with Crippen LogP contribution in [0, 0.1) is 6.92 Å². The number of rotatable bonds is 5. The number of nitrogens with zero attached hydrogens (tertiary/aromatic N) is 2. The SMILES string of the molecule is COc1ccc(NC(=O)Nc2cccc(-c3[nH]ncc3-c3nc4cc(C)ccc4o3)c2)cc1. The van der Waals surface area contributed by atoms with Crippen molar-refractivity contribution in [1.82, 2.24) is 15.2 Å². The van der Waals surface area contributed by atoms with E-state index in [0.717, 1.165) is 33.7 Å². The van der Waals surface area contributed by atoms with Gasteiger partial charge >= 0.3 is 6.03 Å². The fraction of sp³-hybridized carbons (Fsp3) is 0.0800. The van der Waals surface area contributed by atoms with E-state index in [2.05, 4.69) is 25.8 Å². The molecule has 5 aromatic rings. The smallest absolute Gasteiger partial charge is 0.323 e. The van der Waals surface area contributed by atoms with Crippen LogP contribution in [-0.4, -0.2) is 28.3 Å². The van der Waals surface area contributed by atoms with E-state index >= 15 is 0 Å². The summed E-state index contributed by atoms with van der Waals surface area (Å²) in [4.78, 5) is 17.1. The summed E-state index contributed by atoms with van der Waals surface area (Å²) >= 11 is 0. The van der Waals surface area contributed by atoms with E-state index in [0.29, 0.717) is 22.8 Å². The van der Waals surface area contributed by atoms with Gasteiger partial charge in [-0.3, -0.25) is 5.10 Å². The third-order valence-corrected chi connectivity index (χ3v) is 5.17. The first-order chi connectivity index (χ1) is 16.1. The summed E-state index contributed by atoms with van der Waals surface area (Å²) in [7, 11) is 1.60. The number of nitrogens with one attached hydrogen (secondary N) is 3. The number of ether oxygens (including phenoxy) is 1. The molecule has 3 N–H and O–H groups in total. The summed E-state index contributed by atoms with van der Waals surface area (Å²) in [6.07, 6.45) is 1.68. The molecule has 8 heteroatoms. The molecule has 0 atom stereocenters. The van der Waals surface area contributed by atoms with Gasteiger partial charge in [0.1, 0.15) is 11.3 Å². The number of methoxy groups -OCH3 is 1. The van der Waals surface area contributed by atoms with Gasteiger partial charge < -0.3 is 19.8 Å². The standard InChI is InChI=1S/C25H21N5O3/c1-15-6-11-22-21(12-15)29-24(33-22)20-14-26-30-23(20)16-4-3-5-18(13-16)28-25(31)27-17-7-9-19(32-2)10-8-17/h3-14H,1-2H3,(H,26,30)(H2,27,28,31). The minimum atomic E-state index is -0.350. The van der Waals surface area contributed by atoms with Gasteiger partial charge in [0.25, 0.3) is 0 Å². The van der Waals surface area contributed by atoms with Crippen molar-refractivity contribution in [3.8, 4) is 28.5 Å². The lowest BCUT2D eigenvalue weighted by molar-refractivity contribution is 0.262. The van der Waals surface area contributed by atoms with Crippen molar-refractivity contribution in [3.63, 3.8) is 0 Å². The van der Waals surface area contributed by atoms with Gasteiger partial charge in [0.05, 0.1) is 24.6 Å². The molecule has 0 aliphatic heterocycles. The number of aromatic amines is 1. The molecule has 0 radical (unpaired) electrons. The van der Waals surface area contributed by atoms with Gasteiger partial charge in [-0.1, -0.05) is 18.2 Å². The molecular formula is C25H21N5O3. The Labute approximate surface area is 189 Å². The van der Waals surface area contributed by atoms with Crippen molar-refractivity contribution in [2.45, 2.75) is 6.92 Å². The number of aromatic nitrogens is 3. The first-order valence-corrected chi connectivity index (χ1v) is 10.3. The maximum Gasteiger partial charge on any atom is 0.323 e. The fourth-order valence-corrected chi connectivity index (χ4v) is 3.54. The Morgan fingerprint density at radius 2 is 1.82 bits per heavy atom. The normalized spacial score (nSPS) is 10.8. The number of H-pyrrole nitrogens is 1. The fourth-order valence-electron chi connectivity index (χ4n) is 3.54. The van der Waals surface area contributed by atoms with Crippen molar-refractivity contribution >= 4 is 28.5 Å². The number of fused-ring (bicyclic) bond motifs is 1. The molecule has 33 heavy (non-hydrogen) atoms. The molecule has 2 heterocycles. The predicted octanol–water partition coefficient (Wildman–Crippen LogP) is 5.85. The van der Waals surface area contributed by atoms with Gasteiger partial charge in [-0.05, 0) is 61.0 Å². The van der Waals surface area contributed by atoms with Gasteiger partial charge in [-0.25, -0.2) is 9.78 Å². The lowest BCUT2D eigenvalue weighted by Gasteiger charge is -2.09. The first kappa shape index (κ1) is 20.3. The number of hydrogen-bond acceptors (Lipinski definition) is 5. The molecule has 0 unspecified atom stereocenters. The first-order valence-electron chi connectivity index (χ1n) is 10.3. The van der Waals surface area contributed by atoms with Crippen LogP contribution in [0.3, 0.4) is 0 Å². The zero-order chi connectivity index (χ0) is 22.8. The summed E-state index contributed by atoms with van der Waals surface area (Å²) in [6, 6.07) is 20.1. The summed E-state index contributed by atoms with van der Waals surface area (Å²) in [6.45, 7) is 2.01. The quantitative estimate of drug-likeness (QED) is 0.319. The van der Waals surface area contributed by atoms with E-state index in [1.165, 1.54) is 0 Å². The molecular weight excluding hydrogens is 418 g/mol. The van der Waals surface area contributed by atoms with Crippen molar-refractivity contribution in [3.05, 3.63) is 78.5 Å². The summed E-state index contributed by atoms with van der Waals surface area (Å²) < 4.78 is 11.1. The third kappa shape index (κ3) is 4.27. The zero-order valence-corrected chi connectivity index (χ0v) is 18.0. The largest absolute Gasteiger partial charge is 0.497 e. The second-order valence-electron chi connectivity index (χ2n) is 7.54. The van der Waals surface area contributed by atoms with Crippen molar-refractivity contribution < 1.29 is 13.9 Å². The lowest BCUT2D eigenvalue weighted by atomic mass is 10.1. The number of hydrogen-bond donors (Lipinski definition) is 3. The number of amides is 2. The van der Waals surface area contributed by atoms with Crippen molar-refractivity contribution in [2.24, 2.45) is 0 Å². The van der Waals surface area contributed by atoms with E-state index < -0.39 is 0 Å². The Morgan fingerprint density at radius 3 is 2.64 bits per heavy atom. The molecule has 3 aromatic carbocycles. The second kappa shape index (κ2) is 8.51. The van der Waals surface area contributed by atoms with Crippen molar-refractivity contribution in [2.75, 3.05) is 17.7 Å². The monoisotopic (exact) mass is 439 g/mol. The number of carbonyl (C=O) groups excluding carboxylic acids is 1. The highest BCUT2D eigenvalue weighted by atomic mass is 16.5. The molecule has 2 aromatic heterocycles. The van der Waals surface area contributed by atoms with E-state index in [1.807, 2.05) is 49.4 Å². The Morgan fingerprint density at radius 1 is 1.00 bits per heavy atom. The number of benzene rings is 3. The van der Waals surface area contributed by atoms with Gasteiger partial charge in [0, 0.05) is 16.9 Å². The maximum absolute atomic E-state index is 12.5. The molecule has 0 saturated heterocycles.